The van der Waals surface area contributed by atoms with Crippen molar-refractivity contribution in [1.82, 2.24) is 5.32 Å². The van der Waals surface area contributed by atoms with Gasteiger partial charge in [0.25, 0.3) is 5.91 Å². The minimum absolute atomic E-state index is 0.148. The third kappa shape index (κ3) is 3.06. The molecule has 0 atom stereocenters. The zero-order valence-corrected chi connectivity index (χ0v) is 9.80. The van der Waals surface area contributed by atoms with E-state index in [1.54, 1.807) is 12.1 Å². The van der Waals surface area contributed by atoms with Gasteiger partial charge in [-0.2, -0.15) is 0 Å². The maximum Gasteiger partial charge on any atom is 0.252 e. The summed E-state index contributed by atoms with van der Waals surface area (Å²) in [5.41, 5.74) is 6.29. The molecule has 0 aliphatic rings. The van der Waals surface area contributed by atoms with Gasteiger partial charge in [0, 0.05) is 10.0 Å². The second-order valence-electron chi connectivity index (χ2n) is 3.06. The van der Waals surface area contributed by atoms with Crippen molar-refractivity contribution in [3.8, 4) is 0 Å². The zero-order chi connectivity index (χ0) is 11.4. The van der Waals surface area contributed by atoms with E-state index in [1.165, 1.54) is 0 Å². The topological polar surface area (TPSA) is 72.2 Å². The fourth-order valence-corrected chi connectivity index (χ4v) is 1.48. The molecule has 0 heterocycles. The van der Waals surface area contributed by atoms with Gasteiger partial charge in [-0.3, -0.25) is 9.59 Å². The summed E-state index contributed by atoms with van der Waals surface area (Å²) >= 11 is 3.32. The average Bonchev–Trinajstić information content (AvgIpc) is 2.18. The maximum absolute atomic E-state index is 11.6. The van der Waals surface area contributed by atoms with Gasteiger partial charge in [0.15, 0.2) is 0 Å². The number of primary amides is 1. The molecule has 1 aromatic rings. The molecule has 0 saturated carbocycles. The second-order valence-corrected chi connectivity index (χ2v) is 3.92. The first-order chi connectivity index (χ1) is 7.02. The number of nitrogens with two attached hydrogens (primary N) is 1. The lowest BCUT2D eigenvalue weighted by Gasteiger charge is -2.07. The van der Waals surface area contributed by atoms with Gasteiger partial charge in [0.05, 0.1) is 6.54 Å². The van der Waals surface area contributed by atoms with Crippen molar-refractivity contribution < 1.29 is 9.59 Å². The minimum Gasteiger partial charge on any atom is -0.368 e. The Hall–Kier alpha value is -1.36. The summed E-state index contributed by atoms with van der Waals surface area (Å²) in [5.74, 6) is -0.858. The van der Waals surface area contributed by atoms with Crippen molar-refractivity contribution in [2.24, 2.45) is 5.73 Å². The van der Waals surface area contributed by atoms with Crippen LogP contribution in [0.1, 0.15) is 15.9 Å². The lowest BCUT2D eigenvalue weighted by atomic mass is 10.1. The Morgan fingerprint density at radius 2 is 2.13 bits per heavy atom. The van der Waals surface area contributed by atoms with Crippen LogP contribution >= 0.6 is 15.9 Å². The van der Waals surface area contributed by atoms with E-state index in [4.69, 9.17) is 5.73 Å². The Kier molecular flexibility index (Phi) is 3.85. The third-order valence-electron chi connectivity index (χ3n) is 1.94. The van der Waals surface area contributed by atoms with Crippen molar-refractivity contribution in [3.63, 3.8) is 0 Å². The molecule has 0 aliphatic heterocycles. The van der Waals surface area contributed by atoms with Crippen LogP contribution in [0.15, 0.2) is 22.7 Å². The molecule has 0 unspecified atom stereocenters. The Labute approximate surface area is 96.0 Å². The van der Waals surface area contributed by atoms with Crippen LogP contribution in [0.4, 0.5) is 0 Å². The number of hydrogen-bond donors (Lipinski definition) is 2. The number of nitrogens with one attached hydrogen (secondary N) is 1. The summed E-state index contributed by atoms with van der Waals surface area (Å²) in [6.07, 6.45) is 0. The highest BCUT2D eigenvalue weighted by atomic mass is 79.9. The lowest BCUT2D eigenvalue weighted by Crippen LogP contribution is -2.33. The van der Waals surface area contributed by atoms with Crippen molar-refractivity contribution in [1.29, 1.82) is 0 Å². The molecule has 1 aromatic carbocycles. The van der Waals surface area contributed by atoms with Crippen LogP contribution in [0, 0.1) is 6.92 Å². The van der Waals surface area contributed by atoms with Gasteiger partial charge < -0.3 is 11.1 Å². The van der Waals surface area contributed by atoms with E-state index in [1.807, 2.05) is 13.0 Å². The molecular weight excluding hydrogens is 260 g/mol. The zero-order valence-electron chi connectivity index (χ0n) is 8.21. The molecule has 0 aliphatic carbocycles. The molecule has 0 fully saturated rings. The van der Waals surface area contributed by atoms with Gasteiger partial charge in [-0.25, -0.2) is 0 Å². The van der Waals surface area contributed by atoms with Crippen molar-refractivity contribution in [2.75, 3.05) is 6.54 Å². The van der Waals surface area contributed by atoms with Crippen molar-refractivity contribution in [2.45, 2.75) is 6.92 Å². The Balaban J connectivity index is 2.82. The van der Waals surface area contributed by atoms with Crippen molar-refractivity contribution in [3.05, 3.63) is 33.8 Å². The fourth-order valence-electron chi connectivity index (χ4n) is 1.12. The number of carbonyl (C=O) groups excluding carboxylic acids is 2. The van der Waals surface area contributed by atoms with E-state index < -0.39 is 5.91 Å². The number of benzene rings is 1. The maximum atomic E-state index is 11.6. The number of halogens is 1. The first kappa shape index (κ1) is 11.7. The molecule has 0 aromatic heterocycles. The van der Waals surface area contributed by atoms with Crippen molar-refractivity contribution >= 4 is 27.7 Å². The molecule has 0 saturated heterocycles. The molecule has 15 heavy (non-hydrogen) atoms. The van der Waals surface area contributed by atoms with Gasteiger partial charge in [-0.05, 0) is 24.6 Å². The first-order valence-electron chi connectivity index (χ1n) is 4.34. The number of amides is 2. The van der Waals surface area contributed by atoms with Gasteiger partial charge >= 0.3 is 0 Å². The van der Waals surface area contributed by atoms with Crippen LogP contribution in [0.5, 0.6) is 0 Å². The van der Waals surface area contributed by atoms with Crippen LogP contribution in [0.3, 0.4) is 0 Å². The van der Waals surface area contributed by atoms with Gasteiger partial charge in [-0.15, -0.1) is 0 Å². The molecule has 80 valence electrons. The van der Waals surface area contributed by atoms with E-state index >= 15 is 0 Å². The fraction of sp³-hybridized carbons (Fsp3) is 0.200. The minimum atomic E-state index is -0.559. The summed E-state index contributed by atoms with van der Waals surface area (Å²) in [6.45, 7) is 1.67. The third-order valence-corrected chi connectivity index (χ3v) is 2.79. The highest BCUT2D eigenvalue weighted by Gasteiger charge is 2.10. The number of carbonyl (C=O) groups is 2. The number of rotatable bonds is 3. The normalized spacial score (nSPS) is 9.73. The predicted octanol–water partition coefficient (Wildman–Crippen LogP) is 0.973. The quantitative estimate of drug-likeness (QED) is 0.859. The molecule has 0 radical (unpaired) electrons. The smallest absolute Gasteiger partial charge is 0.252 e. The Bertz CT molecular complexity index is 404. The first-order valence-corrected chi connectivity index (χ1v) is 5.13. The van der Waals surface area contributed by atoms with Crippen LogP contribution < -0.4 is 11.1 Å². The molecular formula is C10H11BrN2O2. The predicted molar refractivity (Wildman–Crippen MR) is 60.4 cm³/mol. The SMILES string of the molecule is Cc1c(Br)cccc1C(=O)NCC(N)=O. The number of hydrogen-bond acceptors (Lipinski definition) is 2. The molecule has 0 spiro atoms. The summed E-state index contributed by atoms with van der Waals surface area (Å²) in [7, 11) is 0. The molecule has 0 bridgehead atoms. The van der Waals surface area contributed by atoms with Gasteiger partial charge in [-0.1, -0.05) is 22.0 Å². The second kappa shape index (κ2) is 4.93. The van der Waals surface area contributed by atoms with Gasteiger partial charge in [0.1, 0.15) is 0 Å². The van der Waals surface area contributed by atoms with Crippen LogP contribution in [-0.4, -0.2) is 18.4 Å². The summed E-state index contributed by atoms with van der Waals surface area (Å²) < 4.78 is 0.856. The Morgan fingerprint density at radius 1 is 1.47 bits per heavy atom. The van der Waals surface area contributed by atoms with E-state index in [-0.39, 0.29) is 12.5 Å². The van der Waals surface area contributed by atoms with E-state index in [0.29, 0.717) is 5.56 Å². The monoisotopic (exact) mass is 270 g/mol. The van der Waals surface area contributed by atoms with Crippen LogP contribution in [-0.2, 0) is 4.79 Å². The standard InChI is InChI=1S/C10H11BrN2O2/c1-6-7(3-2-4-8(6)11)10(15)13-5-9(12)14/h2-4H,5H2,1H3,(H2,12,14)(H,13,15). The summed E-state index contributed by atoms with van der Waals surface area (Å²) in [5, 5.41) is 2.43. The Morgan fingerprint density at radius 3 is 2.73 bits per heavy atom. The summed E-state index contributed by atoms with van der Waals surface area (Å²) in [6, 6.07) is 5.30. The summed E-state index contributed by atoms with van der Waals surface area (Å²) in [4.78, 5) is 22.1. The molecule has 5 heteroatoms. The van der Waals surface area contributed by atoms with Gasteiger partial charge in [0.2, 0.25) is 5.91 Å². The average molecular weight is 271 g/mol. The molecule has 1 rings (SSSR count). The van der Waals surface area contributed by atoms with E-state index in [2.05, 4.69) is 21.2 Å². The van der Waals surface area contributed by atoms with E-state index in [9.17, 15) is 9.59 Å². The molecule has 3 N–H and O–H groups in total. The largest absolute Gasteiger partial charge is 0.368 e. The molecule has 2 amide bonds. The lowest BCUT2D eigenvalue weighted by molar-refractivity contribution is -0.117. The van der Waals surface area contributed by atoms with Crippen LogP contribution in [0.2, 0.25) is 0 Å². The highest BCUT2D eigenvalue weighted by molar-refractivity contribution is 9.10. The molecule has 4 nitrogen and oxygen atoms in total. The van der Waals surface area contributed by atoms with Crippen LogP contribution in [0.25, 0.3) is 0 Å². The highest BCUT2D eigenvalue weighted by Crippen LogP contribution is 2.19. The van der Waals surface area contributed by atoms with E-state index in [0.717, 1.165) is 10.0 Å².